The van der Waals surface area contributed by atoms with Crippen LogP contribution in [0.3, 0.4) is 0 Å². The standard InChI is InChI=1S/C14H18FN3O3/c1-8-4-3-5-11(8)17-14(19)9-6-12(16-2)10(15)7-13(9)18(20)21/h6-8,11,16H,3-5H2,1-2H3,(H,17,19). The summed E-state index contributed by atoms with van der Waals surface area (Å²) in [7, 11) is 1.49. The van der Waals surface area contributed by atoms with Gasteiger partial charge in [-0.05, 0) is 24.8 Å². The smallest absolute Gasteiger partial charge is 0.285 e. The number of carbonyl (C=O) groups excluding carboxylic acids is 1. The van der Waals surface area contributed by atoms with Crippen LogP contribution in [0, 0.1) is 21.8 Å². The zero-order chi connectivity index (χ0) is 15.6. The van der Waals surface area contributed by atoms with Gasteiger partial charge in [0.15, 0.2) is 5.82 Å². The second-order valence-corrected chi connectivity index (χ2v) is 5.34. The number of benzene rings is 1. The number of nitro benzene ring substituents is 1. The third kappa shape index (κ3) is 3.12. The van der Waals surface area contributed by atoms with Gasteiger partial charge in [0.05, 0.1) is 16.7 Å². The average Bonchev–Trinajstić information content (AvgIpc) is 2.83. The van der Waals surface area contributed by atoms with Crippen molar-refractivity contribution in [3.8, 4) is 0 Å². The van der Waals surface area contributed by atoms with Crippen molar-refractivity contribution in [3.63, 3.8) is 0 Å². The number of hydrogen-bond donors (Lipinski definition) is 2. The second kappa shape index (κ2) is 6.07. The quantitative estimate of drug-likeness (QED) is 0.660. The van der Waals surface area contributed by atoms with Gasteiger partial charge < -0.3 is 10.6 Å². The molecule has 1 amide bonds. The Balaban J connectivity index is 2.32. The molecular formula is C14H18FN3O3. The molecule has 1 saturated carbocycles. The molecule has 0 heterocycles. The van der Waals surface area contributed by atoms with Crippen LogP contribution in [0.2, 0.25) is 0 Å². The van der Waals surface area contributed by atoms with E-state index in [1.165, 1.54) is 13.1 Å². The minimum Gasteiger partial charge on any atom is -0.386 e. The third-order valence-corrected chi connectivity index (χ3v) is 3.97. The number of halogens is 1. The minimum atomic E-state index is -0.755. The Morgan fingerprint density at radius 1 is 1.43 bits per heavy atom. The lowest BCUT2D eigenvalue weighted by Crippen LogP contribution is -2.36. The number of anilines is 1. The van der Waals surface area contributed by atoms with E-state index >= 15 is 0 Å². The summed E-state index contributed by atoms with van der Waals surface area (Å²) in [4.78, 5) is 22.6. The molecule has 2 N–H and O–H groups in total. The zero-order valence-electron chi connectivity index (χ0n) is 12.0. The predicted molar refractivity (Wildman–Crippen MR) is 76.9 cm³/mol. The van der Waals surface area contributed by atoms with E-state index in [0.29, 0.717) is 5.92 Å². The second-order valence-electron chi connectivity index (χ2n) is 5.34. The van der Waals surface area contributed by atoms with Crippen LogP contribution in [0.15, 0.2) is 12.1 Å². The van der Waals surface area contributed by atoms with Crippen LogP contribution in [-0.4, -0.2) is 23.9 Å². The summed E-state index contributed by atoms with van der Waals surface area (Å²) in [6.07, 6.45) is 2.92. The molecule has 0 aliphatic heterocycles. The molecule has 0 spiro atoms. The maximum Gasteiger partial charge on any atom is 0.285 e. The van der Waals surface area contributed by atoms with Crippen LogP contribution in [0.25, 0.3) is 0 Å². The number of nitrogens with one attached hydrogen (secondary N) is 2. The third-order valence-electron chi connectivity index (χ3n) is 3.97. The molecule has 2 atom stereocenters. The van der Waals surface area contributed by atoms with Crippen LogP contribution in [-0.2, 0) is 0 Å². The summed E-state index contributed by atoms with van der Waals surface area (Å²) < 4.78 is 13.6. The fourth-order valence-electron chi connectivity index (χ4n) is 2.69. The lowest BCUT2D eigenvalue weighted by Gasteiger charge is -2.17. The Kier molecular flexibility index (Phi) is 4.40. The van der Waals surface area contributed by atoms with Gasteiger partial charge in [-0.2, -0.15) is 0 Å². The zero-order valence-corrected chi connectivity index (χ0v) is 12.0. The van der Waals surface area contributed by atoms with Gasteiger partial charge in [-0.15, -0.1) is 0 Å². The first-order chi connectivity index (χ1) is 9.93. The van der Waals surface area contributed by atoms with Gasteiger partial charge in [0, 0.05) is 13.1 Å². The van der Waals surface area contributed by atoms with Crippen LogP contribution < -0.4 is 10.6 Å². The largest absolute Gasteiger partial charge is 0.386 e. The van der Waals surface area contributed by atoms with Crippen molar-refractivity contribution in [1.82, 2.24) is 5.32 Å². The molecule has 1 aliphatic carbocycles. The highest BCUT2D eigenvalue weighted by Gasteiger charge is 2.29. The van der Waals surface area contributed by atoms with Gasteiger partial charge in [-0.25, -0.2) is 4.39 Å². The number of carbonyl (C=O) groups is 1. The van der Waals surface area contributed by atoms with Crippen molar-refractivity contribution < 1.29 is 14.1 Å². The fourth-order valence-corrected chi connectivity index (χ4v) is 2.69. The Morgan fingerprint density at radius 2 is 2.14 bits per heavy atom. The first-order valence-electron chi connectivity index (χ1n) is 6.90. The van der Waals surface area contributed by atoms with Crippen molar-refractivity contribution >= 4 is 17.3 Å². The Hall–Kier alpha value is -2.18. The van der Waals surface area contributed by atoms with Gasteiger partial charge in [0.25, 0.3) is 11.6 Å². The molecule has 2 unspecified atom stereocenters. The van der Waals surface area contributed by atoms with Crippen molar-refractivity contribution in [2.75, 3.05) is 12.4 Å². The molecule has 0 aromatic heterocycles. The van der Waals surface area contributed by atoms with E-state index in [9.17, 15) is 19.3 Å². The highest BCUT2D eigenvalue weighted by Crippen LogP contribution is 2.28. The van der Waals surface area contributed by atoms with E-state index in [1.54, 1.807) is 0 Å². The Bertz CT molecular complexity index is 577. The Labute approximate surface area is 121 Å². The van der Waals surface area contributed by atoms with Crippen LogP contribution in [0.4, 0.5) is 15.8 Å². The van der Waals surface area contributed by atoms with Gasteiger partial charge in [0.2, 0.25) is 0 Å². The van der Waals surface area contributed by atoms with Gasteiger partial charge in [0.1, 0.15) is 5.56 Å². The molecular weight excluding hydrogens is 277 g/mol. The topological polar surface area (TPSA) is 84.3 Å². The monoisotopic (exact) mass is 295 g/mol. The number of nitro groups is 1. The first kappa shape index (κ1) is 15.2. The molecule has 114 valence electrons. The number of rotatable bonds is 4. The number of nitrogens with zero attached hydrogens (tertiary/aromatic N) is 1. The molecule has 1 fully saturated rings. The maximum atomic E-state index is 13.6. The van der Waals surface area contributed by atoms with E-state index in [1.807, 2.05) is 6.92 Å². The van der Waals surface area contributed by atoms with Crippen molar-refractivity contribution in [2.24, 2.45) is 5.92 Å². The summed E-state index contributed by atoms with van der Waals surface area (Å²) in [5.74, 6) is -0.941. The van der Waals surface area contributed by atoms with E-state index in [-0.39, 0.29) is 17.3 Å². The summed E-state index contributed by atoms with van der Waals surface area (Å²) in [6.45, 7) is 2.04. The molecule has 2 rings (SSSR count). The van der Waals surface area contributed by atoms with E-state index < -0.39 is 22.3 Å². The summed E-state index contributed by atoms with van der Waals surface area (Å²) in [5.41, 5.74) is -0.579. The van der Waals surface area contributed by atoms with E-state index in [4.69, 9.17) is 0 Å². The highest BCUT2D eigenvalue weighted by molar-refractivity contribution is 5.99. The van der Waals surface area contributed by atoms with Crippen LogP contribution in [0.1, 0.15) is 36.5 Å². The van der Waals surface area contributed by atoms with Gasteiger partial charge in [-0.1, -0.05) is 13.3 Å². The van der Waals surface area contributed by atoms with Gasteiger partial charge in [-0.3, -0.25) is 14.9 Å². The minimum absolute atomic E-state index is 0.0141. The lowest BCUT2D eigenvalue weighted by atomic mass is 10.0. The van der Waals surface area contributed by atoms with Crippen LogP contribution >= 0.6 is 0 Å². The molecule has 1 aromatic rings. The average molecular weight is 295 g/mol. The normalized spacial score (nSPS) is 21.1. The van der Waals surface area contributed by atoms with Crippen molar-refractivity contribution in [3.05, 3.63) is 33.6 Å². The molecule has 21 heavy (non-hydrogen) atoms. The van der Waals surface area contributed by atoms with Gasteiger partial charge >= 0.3 is 0 Å². The molecule has 7 heteroatoms. The molecule has 0 saturated heterocycles. The fraction of sp³-hybridized carbons (Fsp3) is 0.500. The van der Waals surface area contributed by atoms with E-state index in [0.717, 1.165) is 25.3 Å². The number of hydrogen-bond acceptors (Lipinski definition) is 4. The SMILES string of the molecule is CNc1cc(C(=O)NC2CCCC2C)c([N+](=O)[O-])cc1F. The molecule has 6 nitrogen and oxygen atoms in total. The maximum absolute atomic E-state index is 13.6. The Morgan fingerprint density at radius 3 is 2.67 bits per heavy atom. The first-order valence-corrected chi connectivity index (χ1v) is 6.90. The summed E-state index contributed by atoms with van der Waals surface area (Å²) >= 11 is 0. The van der Waals surface area contributed by atoms with E-state index in [2.05, 4.69) is 10.6 Å². The van der Waals surface area contributed by atoms with Crippen molar-refractivity contribution in [1.29, 1.82) is 0 Å². The van der Waals surface area contributed by atoms with Crippen LogP contribution in [0.5, 0.6) is 0 Å². The van der Waals surface area contributed by atoms with Crippen molar-refractivity contribution in [2.45, 2.75) is 32.2 Å². The molecule has 0 radical (unpaired) electrons. The predicted octanol–water partition coefficient (Wildman–Crippen LogP) is 2.69. The lowest BCUT2D eigenvalue weighted by molar-refractivity contribution is -0.385. The number of amides is 1. The molecule has 1 aliphatic rings. The highest BCUT2D eigenvalue weighted by atomic mass is 19.1. The summed E-state index contributed by atoms with van der Waals surface area (Å²) in [5, 5.41) is 16.4. The molecule has 0 bridgehead atoms. The summed E-state index contributed by atoms with van der Waals surface area (Å²) in [6, 6.07) is 1.97. The molecule has 1 aromatic carbocycles.